The Balaban J connectivity index is 2.18. The number of aromatic nitrogens is 1. The zero-order chi connectivity index (χ0) is 14.3. The lowest BCUT2D eigenvalue weighted by molar-refractivity contribution is 0.0697. The molecular formula is C16H12FNO2. The number of aromatic amines is 1. The minimum atomic E-state index is -0.944. The lowest BCUT2D eigenvalue weighted by Crippen LogP contribution is -1.97. The lowest BCUT2D eigenvalue weighted by Gasteiger charge is -2.06. The van der Waals surface area contributed by atoms with E-state index in [0.29, 0.717) is 0 Å². The molecule has 0 aliphatic carbocycles. The summed E-state index contributed by atoms with van der Waals surface area (Å²) in [5, 5.41) is 9.90. The van der Waals surface area contributed by atoms with Gasteiger partial charge in [-0.3, -0.25) is 0 Å². The highest BCUT2D eigenvalue weighted by atomic mass is 19.1. The number of rotatable bonds is 2. The van der Waals surface area contributed by atoms with Gasteiger partial charge in [0, 0.05) is 22.7 Å². The average Bonchev–Trinajstić information content (AvgIpc) is 2.81. The first-order chi connectivity index (χ1) is 9.56. The molecule has 0 radical (unpaired) electrons. The zero-order valence-electron chi connectivity index (χ0n) is 10.8. The standard InChI is InChI=1S/C16H12FNO2/c1-9-6-10(16(19)20)2-4-12(9)14-8-18-15-7-11(17)3-5-13(14)15/h2-8,18H,1H3,(H,19,20). The van der Waals surface area contributed by atoms with Gasteiger partial charge in [-0.25, -0.2) is 9.18 Å². The fourth-order valence-electron chi connectivity index (χ4n) is 2.42. The number of benzene rings is 2. The number of carboxylic acids is 1. The first-order valence-corrected chi connectivity index (χ1v) is 6.17. The molecule has 0 atom stereocenters. The summed E-state index contributed by atoms with van der Waals surface area (Å²) < 4.78 is 13.2. The van der Waals surface area contributed by atoms with Crippen LogP contribution < -0.4 is 0 Å². The maximum atomic E-state index is 13.2. The molecule has 0 bridgehead atoms. The van der Waals surface area contributed by atoms with Crippen LogP contribution in [0.15, 0.2) is 42.6 Å². The summed E-state index contributed by atoms with van der Waals surface area (Å²) in [4.78, 5) is 14.0. The Labute approximate surface area is 114 Å². The van der Waals surface area contributed by atoms with Crippen LogP contribution >= 0.6 is 0 Å². The van der Waals surface area contributed by atoms with Crippen LogP contribution in [0.5, 0.6) is 0 Å². The van der Waals surface area contributed by atoms with Crippen LogP contribution in [0.4, 0.5) is 4.39 Å². The number of fused-ring (bicyclic) bond motifs is 1. The third-order valence-corrected chi connectivity index (χ3v) is 3.41. The van der Waals surface area contributed by atoms with Crippen molar-refractivity contribution in [2.75, 3.05) is 0 Å². The first-order valence-electron chi connectivity index (χ1n) is 6.17. The summed E-state index contributed by atoms with van der Waals surface area (Å²) >= 11 is 0. The number of aryl methyl sites for hydroxylation is 1. The van der Waals surface area contributed by atoms with E-state index in [-0.39, 0.29) is 11.4 Å². The third-order valence-electron chi connectivity index (χ3n) is 3.41. The minimum absolute atomic E-state index is 0.261. The molecule has 4 heteroatoms. The van der Waals surface area contributed by atoms with E-state index in [2.05, 4.69) is 4.98 Å². The van der Waals surface area contributed by atoms with E-state index in [4.69, 9.17) is 5.11 Å². The van der Waals surface area contributed by atoms with Crippen LogP contribution in [-0.4, -0.2) is 16.1 Å². The highest BCUT2D eigenvalue weighted by Gasteiger charge is 2.11. The molecule has 1 heterocycles. The molecular weight excluding hydrogens is 257 g/mol. The molecule has 20 heavy (non-hydrogen) atoms. The van der Waals surface area contributed by atoms with Crippen LogP contribution in [0, 0.1) is 12.7 Å². The van der Waals surface area contributed by atoms with E-state index in [1.165, 1.54) is 12.1 Å². The highest BCUT2D eigenvalue weighted by Crippen LogP contribution is 2.31. The second-order valence-electron chi connectivity index (χ2n) is 4.73. The number of nitrogens with one attached hydrogen (secondary N) is 1. The van der Waals surface area contributed by atoms with Crippen LogP contribution in [0.1, 0.15) is 15.9 Å². The van der Waals surface area contributed by atoms with Gasteiger partial charge in [0.15, 0.2) is 0 Å². The van der Waals surface area contributed by atoms with Gasteiger partial charge in [-0.1, -0.05) is 6.07 Å². The van der Waals surface area contributed by atoms with Crippen molar-refractivity contribution < 1.29 is 14.3 Å². The van der Waals surface area contributed by atoms with Gasteiger partial charge >= 0.3 is 5.97 Å². The quantitative estimate of drug-likeness (QED) is 0.739. The van der Waals surface area contributed by atoms with Crippen LogP contribution in [0.3, 0.4) is 0 Å². The van der Waals surface area contributed by atoms with E-state index in [0.717, 1.165) is 27.6 Å². The summed E-state index contributed by atoms with van der Waals surface area (Å²) in [5.74, 6) is -1.23. The molecule has 2 aromatic carbocycles. The summed E-state index contributed by atoms with van der Waals surface area (Å²) in [7, 11) is 0. The number of halogens is 1. The smallest absolute Gasteiger partial charge is 0.335 e. The molecule has 1 aromatic heterocycles. The van der Waals surface area contributed by atoms with Gasteiger partial charge in [-0.05, 0) is 48.4 Å². The van der Waals surface area contributed by atoms with Gasteiger partial charge in [0.05, 0.1) is 5.56 Å². The van der Waals surface area contributed by atoms with E-state index in [9.17, 15) is 9.18 Å². The zero-order valence-corrected chi connectivity index (χ0v) is 10.8. The second kappa shape index (κ2) is 4.49. The van der Waals surface area contributed by atoms with Gasteiger partial charge in [-0.15, -0.1) is 0 Å². The number of H-pyrrole nitrogens is 1. The summed E-state index contributed by atoms with van der Waals surface area (Å²) in [5.41, 5.74) is 3.73. The van der Waals surface area contributed by atoms with Gasteiger partial charge < -0.3 is 10.1 Å². The van der Waals surface area contributed by atoms with Gasteiger partial charge in [0.1, 0.15) is 5.82 Å². The molecule has 0 fully saturated rings. The Morgan fingerprint density at radius 3 is 2.65 bits per heavy atom. The Bertz CT molecular complexity index is 820. The Morgan fingerprint density at radius 1 is 1.15 bits per heavy atom. The Morgan fingerprint density at radius 2 is 1.95 bits per heavy atom. The fraction of sp³-hybridized carbons (Fsp3) is 0.0625. The molecule has 0 aliphatic heterocycles. The van der Waals surface area contributed by atoms with Gasteiger partial charge in [-0.2, -0.15) is 0 Å². The van der Waals surface area contributed by atoms with Gasteiger partial charge in [0.25, 0.3) is 0 Å². The van der Waals surface area contributed by atoms with Crippen molar-refractivity contribution in [3.05, 3.63) is 59.5 Å². The molecule has 0 amide bonds. The van der Waals surface area contributed by atoms with Crippen molar-refractivity contribution in [3.63, 3.8) is 0 Å². The molecule has 0 saturated heterocycles. The van der Waals surface area contributed by atoms with Crippen LogP contribution in [0.25, 0.3) is 22.0 Å². The topological polar surface area (TPSA) is 53.1 Å². The van der Waals surface area contributed by atoms with Crippen LogP contribution in [0.2, 0.25) is 0 Å². The Kier molecular flexibility index (Phi) is 2.79. The van der Waals surface area contributed by atoms with Gasteiger partial charge in [0.2, 0.25) is 0 Å². The number of aromatic carboxylic acids is 1. The monoisotopic (exact) mass is 269 g/mol. The fourth-order valence-corrected chi connectivity index (χ4v) is 2.42. The molecule has 0 spiro atoms. The number of carboxylic acid groups (broad SMARTS) is 1. The van der Waals surface area contributed by atoms with Crippen molar-refractivity contribution in [1.29, 1.82) is 0 Å². The largest absolute Gasteiger partial charge is 0.478 e. The van der Waals surface area contributed by atoms with Crippen LogP contribution in [-0.2, 0) is 0 Å². The molecule has 0 saturated carbocycles. The van der Waals surface area contributed by atoms with Crippen molar-refractivity contribution in [3.8, 4) is 11.1 Å². The van der Waals surface area contributed by atoms with E-state index < -0.39 is 5.97 Å². The number of carbonyl (C=O) groups is 1. The van der Waals surface area contributed by atoms with Crippen molar-refractivity contribution >= 4 is 16.9 Å². The number of hydrogen-bond acceptors (Lipinski definition) is 1. The van der Waals surface area contributed by atoms with Crippen molar-refractivity contribution in [2.24, 2.45) is 0 Å². The lowest BCUT2D eigenvalue weighted by atomic mass is 9.98. The summed E-state index contributed by atoms with van der Waals surface area (Å²) in [6, 6.07) is 9.58. The normalized spacial score (nSPS) is 10.9. The minimum Gasteiger partial charge on any atom is -0.478 e. The second-order valence-corrected chi connectivity index (χ2v) is 4.73. The molecule has 3 rings (SSSR count). The predicted octanol–water partition coefficient (Wildman–Crippen LogP) is 3.98. The SMILES string of the molecule is Cc1cc(C(=O)O)ccc1-c1c[nH]c2cc(F)ccc12. The summed E-state index contributed by atoms with van der Waals surface area (Å²) in [6.07, 6.45) is 1.81. The maximum absolute atomic E-state index is 13.2. The molecule has 3 nitrogen and oxygen atoms in total. The van der Waals surface area contributed by atoms with Crippen molar-refractivity contribution in [1.82, 2.24) is 4.98 Å². The molecule has 3 aromatic rings. The maximum Gasteiger partial charge on any atom is 0.335 e. The molecule has 2 N–H and O–H groups in total. The molecule has 0 unspecified atom stereocenters. The molecule has 100 valence electrons. The molecule has 0 aliphatic rings. The third kappa shape index (κ3) is 1.95. The highest BCUT2D eigenvalue weighted by molar-refractivity contribution is 5.97. The van der Waals surface area contributed by atoms with E-state index in [1.54, 1.807) is 24.3 Å². The number of hydrogen-bond donors (Lipinski definition) is 2. The summed E-state index contributed by atoms with van der Waals surface area (Å²) in [6.45, 7) is 1.87. The Hall–Kier alpha value is -2.62. The van der Waals surface area contributed by atoms with Crippen molar-refractivity contribution in [2.45, 2.75) is 6.92 Å². The van der Waals surface area contributed by atoms with E-state index in [1.807, 2.05) is 13.1 Å². The van der Waals surface area contributed by atoms with E-state index >= 15 is 0 Å². The predicted molar refractivity (Wildman–Crippen MR) is 75.4 cm³/mol. The average molecular weight is 269 g/mol. The first kappa shape index (κ1) is 12.4.